The Kier molecular flexibility index (Phi) is 3.52. The molecule has 1 aliphatic carbocycles. The fourth-order valence-corrected chi connectivity index (χ4v) is 2.75. The minimum absolute atomic E-state index is 0.112. The smallest absolute Gasteiger partial charge is 0.267 e. The first-order chi connectivity index (χ1) is 11.6. The van der Waals surface area contributed by atoms with Crippen molar-refractivity contribution in [2.24, 2.45) is 0 Å². The van der Waals surface area contributed by atoms with Crippen molar-refractivity contribution in [3.05, 3.63) is 69.5 Å². The third-order valence-electron chi connectivity index (χ3n) is 4.16. The highest BCUT2D eigenvalue weighted by Crippen LogP contribution is 2.42. The minimum Gasteiger partial charge on any atom is -0.356 e. The molecule has 1 saturated carbocycles. The SMILES string of the molecule is Cc1cc(-c2cc(=O)n(Cc3ccccc3F)nc2C2CC2)on1. The van der Waals surface area contributed by atoms with E-state index in [1.165, 1.54) is 16.8 Å². The molecule has 2 heterocycles. The molecule has 1 aromatic carbocycles. The summed E-state index contributed by atoms with van der Waals surface area (Å²) in [5.41, 5.74) is 2.42. The molecule has 0 radical (unpaired) electrons. The van der Waals surface area contributed by atoms with Gasteiger partial charge in [-0.25, -0.2) is 9.07 Å². The molecule has 0 unspecified atom stereocenters. The molecule has 0 bridgehead atoms. The molecule has 2 aromatic heterocycles. The lowest BCUT2D eigenvalue weighted by molar-refractivity contribution is 0.426. The number of hydrogen-bond donors (Lipinski definition) is 0. The Morgan fingerprint density at radius 3 is 2.75 bits per heavy atom. The van der Waals surface area contributed by atoms with Gasteiger partial charge in [0.15, 0.2) is 5.76 Å². The van der Waals surface area contributed by atoms with E-state index in [2.05, 4.69) is 10.3 Å². The van der Waals surface area contributed by atoms with Crippen LogP contribution in [0.5, 0.6) is 0 Å². The van der Waals surface area contributed by atoms with E-state index in [1.54, 1.807) is 24.3 Å². The lowest BCUT2D eigenvalue weighted by Crippen LogP contribution is -2.25. The van der Waals surface area contributed by atoms with Crippen LogP contribution >= 0.6 is 0 Å². The Bertz CT molecular complexity index is 957. The fraction of sp³-hybridized carbons (Fsp3) is 0.278. The molecule has 0 aliphatic heterocycles. The monoisotopic (exact) mass is 325 g/mol. The third-order valence-corrected chi connectivity index (χ3v) is 4.16. The largest absolute Gasteiger partial charge is 0.356 e. The van der Waals surface area contributed by atoms with E-state index in [0.29, 0.717) is 22.8 Å². The highest BCUT2D eigenvalue weighted by atomic mass is 19.1. The number of hydrogen-bond acceptors (Lipinski definition) is 4. The molecule has 6 heteroatoms. The van der Waals surface area contributed by atoms with Crippen molar-refractivity contribution >= 4 is 0 Å². The predicted molar refractivity (Wildman–Crippen MR) is 86.2 cm³/mol. The maximum atomic E-state index is 13.9. The second kappa shape index (κ2) is 5.70. The average Bonchev–Trinajstić information content (AvgIpc) is 3.32. The first-order valence-electron chi connectivity index (χ1n) is 7.91. The quantitative estimate of drug-likeness (QED) is 0.738. The maximum Gasteiger partial charge on any atom is 0.267 e. The van der Waals surface area contributed by atoms with Crippen molar-refractivity contribution in [1.29, 1.82) is 0 Å². The summed E-state index contributed by atoms with van der Waals surface area (Å²) in [6.07, 6.45) is 2.07. The van der Waals surface area contributed by atoms with Gasteiger partial charge >= 0.3 is 0 Å². The molecule has 1 aliphatic rings. The zero-order valence-corrected chi connectivity index (χ0v) is 13.2. The number of benzene rings is 1. The Balaban J connectivity index is 1.78. The number of halogens is 1. The summed E-state index contributed by atoms with van der Waals surface area (Å²) in [7, 11) is 0. The van der Waals surface area contributed by atoms with Gasteiger partial charge in [0.05, 0.1) is 17.9 Å². The van der Waals surface area contributed by atoms with Crippen molar-refractivity contribution in [2.45, 2.75) is 32.2 Å². The van der Waals surface area contributed by atoms with E-state index < -0.39 is 0 Å². The first kappa shape index (κ1) is 14.8. The summed E-state index contributed by atoms with van der Waals surface area (Å²) >= 11 is 0. The van der Waals surface area contributed by atoms with Crippen LogP contribution in [0.3, 0.4) is 0 Å². The molecule has 1 fully saturated rings. The summed E-state index contributed by atoms with van der Waals surface area (Å²) < 4.78 is 20.5. The molecule has 5 nitrogen and oxygen atoms in total. The van der Waals surface area contributed by atoms with E-state index in [-0.39, 0.29) is 17.9 Å². The van der Waals surface area contributed by atoms with E-state index in [0.717, 1.165) is 24.2 Å². The van der Waals surface area contributed by atoms with E-state index in [9.17, 15) is 9.18 Å². The first-order valence-corrected chi connectivity index (χ1v) is 7.91. The lowest BCUT2D eigenvalue weighted by atomic mass is 10.1. The van der Waals surface area contributed by atoms with Gasteiger partial charge in [-0.15, -0.1) is 0 Å². The lowest BCUT2D eigenvalue weighted by Gasteiger charge is -2.10. The Labute approximate surface area is 137 Å². The number of nitrogens with zero attached hydrogens (tertiary/aromatic N) is 3. The second-order valence-corrected chi connectivity index (χ2v) is 6.14. The maximum absolute atomic E-state index is 13.9. The van der Waals surface area contributed by atoms with Gasteiger partial charge in [0.2, 0.25) is 0 Å². The molecule has 0 saturated heterocycles. The van der Waals surface area contributed by atoms with Crippen molar-refractivity contribution < 1.29 is 8.91 Å². The van der Waals surface area contributed by atoms with Crippen molar-refractivity contribution in [2.75, 3.05) is 0 Å². The van der Waals surface area contributed by atoms with Crippen LogP contribution in [0, 0.1) is 12.7 Å². The summed E-state index contributed by atoms with van der Waals surface area (Å²) in [4.78, 5) is 12.4. The van der Waals surface area contributed by atoms with Crippen molar-refractivity contribution in [1.82, 2.24) is 14.9 Å². The molecule has 122 valence electrons. The van der Waals surface area contributed by atoms with Gasteiger partial charge in [-0.1, -0.05) is 23.4 Å². The molecule has 4 rings (SSSR count). The molecule has 0 spiro atoms. The van der Waals surface area contributed by atoms with Crippen LogP contribution in [0.4, 0.5) is 4.39 Å². The highest BCUT2D eigenvalue weighted by molar-refractivity contribution is 5.61. The zero-order valence-electron chi connectivity index (χ0n) is 13.2. The standard InChI is InChI=1S/C18H16FN3O2/c1-11-8-16(24-21-11)14-9-17(23)22(20-18(14)12-6-7-12)10-13-4-2-3-5-15(13)19/h2-5,8-9,12H,6-7,10H2,1H3. The van der Waals surface area contributed by atoms with Crippen molar-refractivity contribution in [3.8, 4) is 11.3 Å². The number of rotatable bonds is 4. The van der Waals surface area contributed by atoms with Gasteiger partial charge in [-0.2, -0.15) is 5.10 Å². The second-order valence-electron chi connectivity index (χ2n) is 6.14. The van der Waals surface area contributed by atoms with Crippen LogP contribution in [0.15, 0.2) is 45.7 Å². The topological polar surface area (TPSA) is 60.9 Å². The minimum atomic E-state index is -0.339. The highest BCUT2D eigenvalue weighted by Gasteiger charge is 2.30. The number of aryl methyl sites for hydroxylation is 1. The van der Waals surface area contributed by atoms with Gasteiger partial charge in [0.25, 0.3) is 5.56 Å². The zero-order chi connectivity index (χ0) is 16.7. The average molecular weight is 325 g/mol. The van der Waals surface area contributed by atoms with E-state index in [1.807, 2.05) is 6.92 Å². The van der Waals surface area contributed by atoms with Crippen LogP contribution in [0.1, 0.15) is 35.7 Å². The molecule has 0 N–H and O–H groups in total. The van der Waals surface area contributed by atoms with Gasteiger partial charge in [-0.05, 0) is 25.8 Å². The van der Waals surface area contributed by atoms with Gasteiger partial charge in [-0.3, -0.25) is 4.79 Å². The summed E-state index contributed by atoms with van der Waals surface area (Å²) in [5, 5.41) is 8.39. The van der Waals surface area contributed by atoms with Crippen LogP contribution in [-0.4, -0.2) is 14.9 Å². The van der Waals surface area contributed by atoms with E-state index in [4.69, 9.17) is 4.52 Å². The molecule has 0 amide bonds. The number of aromatic nitrogens is 3. The molecular weight excluding hydrogens is 309 g/mol. The normalized spacial score (nSPS) is 14.1. The fourth-order valence-electron chi connectivity index (χ4n) is 2.75. The Morgan fingerprint density at radius 1 is 1.29 bits per heavy atom. The van der Waals surface area contributed by atoms with Crippen LogP contribution in [-0.2, 0) is 6.54 Å². The van der Waals surface area contributed by atoms with Crippen LogP contribution in [0.2, 0.25) is 0 Å². The third kappa shape index (κ3) is 2.75. The van der Waals surface area contributed by atoms with Gasteiger partial charge < -0.3 is 4.52 Å². The summed E-state index contributed by atoms with van der Waals surface area (Å²) in [5.74, 6) is 0.532. The van der Waals surface area contributed by atoms with Gasteiger partial charge in [0.1, 0.15) is 5.82 Å². The molecule has 0 atom stereocenters. The van der Waals surface area contributed by atoms with Gasteiger partial charge in [0, 0.05) is 29.2 Å². The molecular formula is C18H16FN3O2. The Morgan fingerprint density at radius 2 is 2.08 bits per heavy atom. The summed E-state index contributed by atoms with van der Waals surface area (Å²) in [6, 6.07) is 9.73. The molecule has 24 heavy (non-hydrogen) atoms. The van der Waals surface area contributed by atoms with Crippen LogP contribution < -0.4 is 5.56 Å². The summed E-state index contributed by atoms with van der Waals surface area (Å²) in [6.45, 7) is 1.94. The Hall–Kier alpha value is -2.76. The van der Waals surface area contributed by atoms with Crippen molar-refractivity contribution in [3.63, 3.8) is 0 Å². The van der Waals surface area contributed by atoms with Crippen LogP contribution in [0.25, 0.3) is 11.3 Å². The molecule has 3 aromatic rings. The van der Waals surface area contributed by atoms with E-state index >= 15 is 0 Å². The predicted octanol–water partition coefficient (Wildman–Crippen LogP) is 3.27.